The number of Topliss-reactive ketones (excluding diaryl/α,β-unsaturated/α-hetero) is 1. The number of hydrogen-bond acceptors (Lipinski definition) is 6. The number of allylic oxidation sites excluding steroid dienone is 1. The summed E-state index contributed by atoms with van der Waals surface area (Å²) in [5.41, 5.74) is -0.177. The highest BCUT2D eigenvalue weighted by Gasteiger charge is 2.27. The molecule has 0 fully saturated rings. The molecule has 23 heavy (non-hydrogen) atoms. The number of furan rings is 1. The standard InChI is InChI=1S/C16H12BrNO5/c1-3-22-16(21)15-13(14(20)11(7-18)8(2)19)10-6-9(17)4-5-12(10)23-15/h4-6,20H,3H2,1-2H3/b14-11-. The van der Waals surface area contributed by atoms with Gasteiger partial charge in [0.05, 0.1) is 12.2 Å². The van der Waals surface area contributed by atoms with Crippen LogP contribution in [0.5, 0.6) is 0 Å². The number of nitrogens with zero attached hydrogens (tertiary/aromatic N) is 1. The highest BCUT2D eigenvalue weighted by molar-refractivity contribution is 9.10. The van der Waals surface area contributed by atoms with Gasteiger partial charge in [-0.3, -0.25) is 4.79 Å². The van der Waals surface area contributed by atoms with Crippen molar-refractivity contribution in [3.05, 3.63) is 39.6 Å². The Morgan fingerprint density at radius 1 is 1.43 bits per heavy atom. The number of aliphatic hydroxyl groups is 1. The van der Waals surface area contributed by atoms with E-state index in [2.05, 4.69) is 15.9 Å². The summed E-state index contributed by atoms with van der Waals surface area (Å²) in [6.45, 7) is 2.89. The van der Waals surface area contributed by atoms with Gasteiger partial charge in [0, 0.05) is 16.8 Å². The Balaban J connectivity index is 2.85. The molecular weight excluding hydrogens is 366 g/mol. The fraction of sp³-hybridized carbons (Fsp3) is 0.188. The minimum Gasteiger partial charge on any atom is -0.506 e. The van der Waals surface area contributed by atoms with Crippen molar-refractivity contribution in [2.45, 2.75) is 13.8 Å². The van der Waals surface area contributed by atoms with Crippen LogP contribution in [0.15, 0.2) is 32.7 Å². The monoisotopic (exact) mass is 377 g/mol. The Hall–Kier alpha value is -2.59. The van der Waals surface area contributed by atoms with Crippen LogP contribution < -0.4 is 0 Å². The predicted molar refractivity (Wildman–Crippen MR) is 85.7 cm³/mol. The van der Waals surface area contributed by atoms with Gasteiger partial charge in [0.2, 0.25) is 5.76 Å². The van der Waals surface area contributed by atoms with Gasteiger partial charge >= 0.3 is 5.97 Å². The van der Waals surface area contributed by atoms with Gasteiger partial charge < -0.3 is 14.3 Å². The maximum absolute atomic E-state index is 12.1. The zero-order valence-corrected chi connectivity index (χ0v) is 13.9. The summed E-state index contributed by atoms with van der Waals surface area (Å²) in [7, 11) is 0. The van der Waals surface area contributed by atoms with E-state index in [0.717, 1.165) is 6.92 Å². The van der Waals surface area contributed by atoms with E-state index >= 15 is 0 Å². The summed E-state index contributed by atoms with van der Waals surface area (Å²) >= 11 is 3.29. The lowest BCUT2D eigenvalue weighted by atomic mass is 10.0. The van der Waals surface area contributed by atoms with E-state index in [-0.39, 0.29) is 17.9 Å². The topological polar surface area (TPSA) is 101 Å². The second kappa shape index (κ2) is 6.67. The van der Waals surface area contributed by atoms with Gasteiger partial charge in [-0.1, -0.05) is 15.9 Å². The van der Waals surface area contributed by atoms with Crippen LogP contribution in [0.1, 0.15) is 30.0 Å². The Morgan fingerprint density at radius 3 is 2.70 bits per heavy atom. The second-order valence-electron chi connectivity index (χ2n) is 4.56. The summed E-state index contributed by atoms with van der Waals surface area (Å²) in [6.07, 6.45) is 0. The number of ketones is 1. The molecule has 0 amide bonds. The Bertz CT molecular complexity index is 872. The van der Waals surface area contributed by atoms with Crippen molar-refractivity contribution in [3.8, 4) is 6.07 Å². The van der Waals surface area contributed by atoms with Crippen molar-refractivity contribution in [3.63, 3.8) is 0 Å². The molecule has 0 saturated heterocycles. The number of halogens is 1. The Morgan fingerprint density at radius 2 is 2.13 bits per heavy atom. The number of nitriles is 1. The van der Waals surface area contributed by atoms with Crippen molar-refractivity contribution in [2.24, 2.45) is 0 Å². The molecule has 118 valence electrons. The van der Waals surface area contributed by atoms with Crippen molar-refractivity contribution < 1.29 is 23.8 Å². The first-order valence-electron chi connectivity index (χ1n) is 6.64. The molecule has 0 radical (unpaired) electrons. The number of hydrogen-bond donors (Lipinski definition) is 1. The number of ether oxygens (including phenoxy) is 1. The number of esters is 1. The number of aliphatic hydroxyl groups excluding tert-OH is 1. The molecule has 2 rings (SSSR count). The molecule has 1 aromatic heterocycles. The maximum Gasteiger partial charge on any atom is 0.375 e. The van der Waals surface area contributed by atoms with Gasteiger partial charge in [-0.05, 0) is 25.1 Å². The van der Waals surface area contributed by atoms with Crippen LogP contribution in [0.3, 0.4) is 0 Å². The van der Waals surface area contributed by atoms with Crippen LogP contribution in [0.2, 0.25) is 0 Å². The van der Waals surface area contributed by atoms with Gasteiger partial charge in [-0.2, -0.15) is 5.26 Å². The van der Waals surface area contributed by atoms with E-state index in [4.69, 9.17) is 14.4 Å². The van der Waals surface area contributed by atoms with Crippen LogP contribution in [0.25, 0.3) is 16.7 Å². The third-order valence-electron chi connectivity index (χ3n) is 3.05. The molecule has 2 aromatic rings. The molecule has 0 aliphatic rings. The van der Waals surface area contributed by atoms with E-state index in [1.165, 1.54) is 0 Å². The molecule has 1 N–H and O–H groups in total. The first-order valence-corrected chi connectivity index (χ1v) is 7.43. The van der Waals surface area contributed by atoms with Gasteiger partial charge in [-0.25, -0.2) is 4.79 Å². The van der Waals surface area contributed by atoms with Crippen LogP contribution in [0, 0.1) is 11.3 Å². The lowest BCUT2D eigenvalue weighted by Gasteiger charge is -2.04. The molecule has 0 saturated carbocycles. The lowest BCUT2D eigenvalue weighted by Crippen LogP contribution is -2.07. The molecule has 0 unspecified atom stereocenters. The zero-order valence-electron chi connectivity index (χ0n) is 12.3. The van der Waals surface area contributed by atoms with Crippen molar-refractivity contribution >= 4 is 44.4 Å². The third-order valence-corrected chi connectivity index (χ3v) is 3.54. The second-order valence-corrected chi connectivity index (χ2v) is 5.47. The van der Waals surface area contributed by atoms with E-state index in [1.54, 1.807) is 31.2 Å². The average molecular weight is 378 g/mol. The van der Waals surface area contributed by atoms with Crippen LogP contribution in [0.4, 0.5) is 0 Å². The van der Waals surface area contributed by atoms with Crippen molar-refractivity contribution in [1.82, 2.24) is 0 Å². The zero-order chi connectivity index (χ0) is 17.1. The van der Waals surface area contributed by atoms with E-state index < -0.39 is 23.1 Å². The number of fused-ring (bicyclic) bond motifs is 1. The first kappa shape index (κ1) is 16.8. The molecule has 7 heteroatoms. The van der Waals surface area contributed by atoms with E-state index in [9.17, 15) is 14.7 Å². The van der Waals surface area contributed by atoms with Crippen LogP contribution >= 0.6 is 15.9 Å². The minimum atomic E-state index is -0.790. The molecule has 0 bridgehead atoms. The predicted octanol–water partition coefficient (Wildman–Crippen LogP) is 3.75. The normalized spacial score (nSPS) is 11.7. The van der Waals surface area contributed by atoms with Gasteiger partial charge in [0.15, 0.2) is 5.78 Å². The molecule has 0 aliphatic carbocycles. The molecule has 0 atom stereocenters. The summed E-state index contributed by atoms with van der Waals surface area (Å²) in [6, 6.07) is 6.55. The summed E-state index contributed by atoms with van der Waals surface area (Å²) in [5, 5.41) is 19.8. The molecule has 1 heterocycles. The van der Waals surface area contributed by atoms with Gasteiger partial charge in [0.1, 0.15) is 23.0 Å². The maximum atomic E-state index is 12.1. The van der Waals surface area contributed by atoms with Gasteiger partial charge in [0.25, 0.3) is 0 Å². The first-order chi connectivity index (χ1) is 10.9. The number of carbonyl (C=O) groups is 2. The highest BCUT2D eigenvalue weighted by atomic mass is 79.9. The molecule has 0 aliphatic heterocycles. The van der Waals surface area contributed by atoms with Gasteiger partial charge in [-0.15, -0.1) is 0 Å². The van der Waals surface area contributed by atoms with E-state index in [1.807, 2.05) is 0 Å². The van der Waals surface area contributed by atoms with Crippen LogP contribution in [-0.2, 0) is 9.53 Å². The smallest absolute Gasteiger partial charge is 0.375 e. The molecule has 6 nitrogen and oxygen atoms in total. The number of benzene rings is 1. The summed E-state index contributed by atoms with van der Waals surface area (Å²) < 4.78 is 11.0. The summed E-state index contributed by atoms with van der Waals surface area (Å²) in [5.74, 6) is -2.28. The fourth-order valence-electron chi connectivity index (χ4n) is 2.07. The Kier molecular flexibility index (Phi) is 4.86. The minimum absolute atomic E-state index is 0.0356. The molecular formula is C16H12BrNO5. The average Bonchev–Trinajstić information content (AvgIpc) is 2.86. The molecule has 1 aromatic carbocycles. The number of carbonyl (C=O) groups excluding carboxylic acids is 2. The fourth-order valence-corrected chi connectivity index (χ4v) is 2.43. The third kappa shape index (κ3) is 3.12. The highest BCUT2D eigenvalue weighted by Crippen LogP contribution is 2.34. The number of rotatable bonds is 4. The Labute approximate surface area is 140 Å². The van der Waals surface area contributed by atoms with Crippen molar-refractivity contribution in [2.75, 3.05) is 6.61 Å². The quantitative estimate of drug-likeness (QED) is 0.376. The summed E-state index contributed by atoms with van der Waals surface area (Å²) in [4.78, 5) is 23.6. The van der Waals surface area contributed by atoms with Crippen LogP contribution in [-0.4, -0.2) is 23.5 Å². The lowest BCUT2D eigenvalue weighted by molar-refractivity contribution is -0.113. The SMILES string of the molecule is CCOC(=O)c1oc2ccc(Br)cc2c1/C(O)=C(\C#N)C(C)=O. The largest absolute Gasteiger partial charge is 0.506 e. The molecule has 0 spiro atoms. The van der Waals surface area contributed by atoms with E-state index in [0.29, 0.717) is 15.4 Å². The van der Waals surface area contributed by atoms with Crippen molar-refractivity contribution in [1.29, 1.82) is 5.26 Å².